The number of rotatable bonds is 5. The average molecular weight is 448 g/mol. The molecule has 3 N–H and O–H groups in total. The Labute approximate surface area is 189 Å². The fourth-order valence-electron chi connectivity index (χ4n) is 3.90. The molecule has 1 atom stereocenters. The van der Waals surface area contributed by atoms with Crippen molar-refractivity contribution in [1.29, 1.82) is 0 Å². The first-order valence-corrected chi connectivity index (χ1v) is 10.7. The zero-order valence-corrected chi connectivity index (χ0v) is 18.7. The van der Waals surface area contributed by atoms with Crippen LogP contribution in [0.3, 0.4) is 0 Å². The maximum atomic E-state index is 12.5. The second-order valence-corrected chi connectivity index (χ2v) is 8.23. The molecular formula is C21H24N10O2. The number of aryl methyl sites for hydroxylation is 1. The second-order valence-electron chi connectivity index (χ2n) is 8.23. The Bertz CT molecular complexity index is 1270. The van der Waals surface area contributed by atoms with Crippen LogP contribution in [0.2, 0.25) is 0 Å². The van der Waals surface area contributed by atoms with E-state index in [1.165, 1.54) is 7.05 Å². The molecule has 2 aliphatic rings. The molecule has 1 fully saturated rings. The molecule has 4 heterocycles. The second kappa shape index (κ2) is 7.80. The summed E-state index contributed by atoms with van der Waals surface area (Å²) < 4.78 is 0. The highest BCUT2D eigenvalue weighted by molar-refractivity contribution is 6.00. The smallest absolute Gasteiger partial charge is 0.273 e. The number of aromatic nitrogens is 6. The molecule has 170 valence electrons. The van der Waals surface area contributed by atoms with Gasteiger partial charge in [0.15, 0.2) is 17.3 Å². The number of amides is 2. The predicted octanol–water partition coefficient (Wildman–Crippen LogP) is 1.63. The maximum absolute atomic E-state index is 12.5. The number of carbonyl (C=O) groups excluding carboxylic acids is 2. The van der Waals surface area contributed by atoms with Crippen molar-refractivity contribution in [2.75, 3.05) is 29.6 Å². The van der Waals surface area contributed by atoms with Gasteiger partial charge in [0.05, 0.1) is 17.4 Å². The lowest BCUT2D eigenvalue weighted by atomic mass is 9.99. The summed E-state index contributed by atoms with van der Waals surface area (Å²) in [7, 11) is 5.27. The quantitative estimate of drug-likeness (QED) is 0.530. The van der Waals surface area contributed by atoms with Gasteiger partial charge in [0.2, 0.25) is 5.91 Å². The summed E-state index contributed by atoms with van der Waals surface area (Å²) >= 11 is 0. The minimum atomic E-state index is -0.409. The topological polar surface area (TPSA) is 143 Å². The summed E-state index contributed by atoms with van der Waals surface area (Å²) in [6, 6.07) is 3.45. The molecule has 12 nitrogen and oxygen atoms in total. The number of pyridine rings is 1. The van der Waals surface area contributed by atoms with E-state index in [1.54, 1.807) is 24.1 Å². The van der Waals surface area contributed by atoms with E-state index in [2.05, 4.69) is 46.2 Å². The highest BCUT2D eigenvalue weighted by atomic mass is 16.2. The minimum Gasteiger partial charge on any atom is -0.363 e. The van der Waals surface area contributed by atoms with Crippen molar-refractivity contribution in [3.8, 4) is 11.3 Å². The van der Waals surface area contributed by atoms with Gasteiger partial charge in [-0.25, -0.2) is 4.98 Å². The van der Waals surface area contributed by atoms with Crippen LogP contribution in [0.15, 0.2) is 18.3 Å². The van der Waals surface area contributed by atoms with E-state index < -0.39 is 5.91 Å². The normalized spacial score (nSPS) is 16.6. The molecule has 0 bridgehead atoms. The van der Waals surface area contributed by atoms with Crippen molar-refractivity contribution in [1.82, 2.24) is 35.5 Å². The third-order valence-corrected chi connectivity index (χ3v) is 5.94. The first-order chi connectivity index (χ1) is 15.9. The van der Waals surface area contributed by atoms with Crippen LogP contribution in [0.5, 0.6) is 0 Å². The number of hydrogen-bond donors (Lipinski definition) is 3. The summed E-state index contributed by atoms with van der Waals surface area (Å²) in [4.78, 5) is 32.8. The lowest BCUT2D eigenvalue weighted by Gasteiger charge is -2.33. The van der Waals surface area contributed by atoms with Crippen molar-refractivity contribution in [3.63, 3.8) is 0 Å². The molecule has 0 saturated heterocycles. The molecule has 3 aromatic rings. The molecule has 0 radical (unpaired) electrons. The molecular weight excluding hydrogens is 424 g/mol. The van der Waals surface area contributed by atoms with Crippen LogP contribution in [0.4, 0.5) is 23.0 Å². The van der Waals surface area contributed by atoms with Gasteiger partial charge in [-0.15, -0.1) is 10.2 Å². The number of carbonyl (C=O) groups is 2. The minimum absolute atomic E-state index is 0.0148. The van der Waals surface area contributed by atoms with Gasteiger partial charge in [-0.3, -0.25) is 9.59 Å². The molecule has 0 unspecified atom stereocenters. The van der Waals surface area contributed by atoms with E-state index in [1.807, 2.05) is 20.0 Å². The van der Waals surface area contributed by atoms with E-state index in [4.69, 9.17) is 0 Å². The van der Waals surface area contributed by atoms with Crippen LogP contribution in [0.1, 0.15) is 42.0 Å². The third kappa shape index (κ3) is 3.62. The van der Waals surface area contributed by atoms with Gasteiger partial charge in [-0.05, 0) is 25.8 Å². The van der Waals surface area contributed by atoms with Gasteiger partial charge in [-0.1, -0.05) is 0 Å². The zero-order valence-electron chi connectivity index (χ0n) is 18.7. The summed E-state index contributed by atoms with van der Waals surface area (Å²) in [5.41, 5.74) is 3.84. The highest BCUT2D eigenvalue weighted by Gasteiger charge is 2.33. The summed E-state index contributed by atoms with van der Waals surface area (Å²) in [6.45, 7) is 2.04. The molecule has 0 aromatic carbocycles. The highest BCUT2D eigenvalue weighted by Crippen LogP contribution is 2.45. The zero-order chi connectivity index (χ0) is 23.3. The summed E-state index contributed by atoms with van der Waals surface area (Å²) in [5, 5.41) is 25.7. The Morgan fingerprint density at radius 3 is 2.67 bits per heavy atom. The van der Waals surface area contributed by atoms with Crippen LogP contribution < -0.4 is 20.9 Å². The van der Waals surface area contributed by atoms with E-state index in [0.29, 0.717) is 11.5 Å². The fourth-order valence-corrected chi connectivity index (χ4v) is 3.90. The predicted molar refractivity (Wildman–Crippen MR) is 121 cm³/mol. The Balaban J connectivity index is 1.57. The van der Waals surface area contributed by atoms with Crippen LogP contribution in [-0.2, 0) is 11.8 Å². The van der Waals surface area contributed by atoms with Gasteiger partial charge in [0, 0.05) is 44.9 Å². The fraction of sp³-hybridized carbons (Fsp3) is 0.381. The molecule has 0 spiro atoms. The SMILES string of the molecule is CNC(=O)c1nnc(NC(=O)C2CC2)cc1Nc1nccc2c1N(C)[C@@H](C)c1nn(C)nc1-2. The molecule has 5 rings (SSSR count). The number of anilines is 4. The Kier molecular flexibility index (Phi) is 4.91. The van der Waals surface area contributed by atoms with Gasteiger partial charge < -0.3 is 20.9 Å². The van der Waals surface area contributed by atoms with E-state index in [9.17, 15) is 9.59 Å². The monoisotopic (exact) mass is 448 g/mol. The molecule has 12 heteroatoms. The van der Waals surface area contributed by atoms with Gasteiger partial charge >= 0.3 is 0 Å². The van der Waals surface area contributed by atoms with Crippen molar-refractivity contribution in [2.24, 2.45) is 13.0 Å². The molecule has 2 amide bonds. The standard InChI is InChI=1S/C21H24N10O2/c1-10-15-16(29-31(4)28-15)12-7-8-23-19(18(12)30(10)3)24-13-9-14(25-20(32)11-5-6-11)26-27-17(13)21(33)22-2/h7-11H,5-6H2,1-4H3,(H,22,33)(H2,23,24,25,26,32)/t10-/m0/s1. The average Bonchev–Trinajstić information content (AvgIpc) is 3.58. The molecule has 1 saturated carbocycles. The van der Waals surface area contributed by atoms with Crippen LogP contribution in [0, 0.1) is 5.92 Å². The Morgan fingerprint density at radius 1 is 1.15 bits per heavy atom. The van der Waals surface area contributed by atoms with Crippen molar-refractivity contribution in [2.45, 2.75) is 25.8 Å². The van der Waals surface area contributed by atoms with E-state index in [-0.39, 0.29) is 29.4 Å². The van der Waals surface area contributed by atoms with Gasteiger partial charge in [-0.2, -0.15) is 15.0 Å². The number of hydrogen-bond acceptors (Lipinski definition) is 9. The summed E-state index contributed by atoms with van der Waals surface area (Å²) in [6.07, 6.45) is 3.42. The van der Waals surface area contributed by atoms with E-state index >= 15 is 0 Å². The van der Waals surface area contributed by atoms with E-state index in [0.717, 1.165) is 35.5 Å². The van der Waals surface area contributed by atoms with Crippen LogP contribution in [-0.4, -0.2) is 56.1 Å². The Morgan fingerprint density at radius 2 is 1.94 bits per heavy atom. The van der Waals surface area contributed by atoms with Crippen molar-refractivity contribution in [3.05, 3.63) is 29.7 Å². The molecule has 1 aliphatic carbocycles. The number of fused-ring (bicyclic) bond motifs is 3. The maximum Gasteiger partial charge on any atom is 0.273 e. The van der Waals surface area contributed by atoms with Crippen LogP contribution >= 0.6 is 0 Å². The lowest BCUT2D eigenvalue weighted by molar-refractivity contribution is -0.117. The molecule has 3 aromatic heterocycles. The summed E-state index contributed by atoms with van der Waals surface area (Å²) in [5.74, 6) is 0.302. The van der Waals surface area contributed by atoms with Crippen LogP contribution in [0.25, 0.3) is 11.3 Å². The van der Waals surface area contributed by atoms with Gasteiger partial charge in [0.25, 0.3) is 5.91 Å². The number of nitrogens with zero attached hydrogens (tertiary/aromatic N) is 7. The Hall–Kier alpha value is -4.09. The largest absolute Gasteiger partial charge is 0.363 e. The van der Waals surface area contributed by atoms with Crippen molar-refractivity contribution < 1.29 is 9.59 Å². The van der Waals surface area contributed by atoms with Gasteiger partial charge in [0.1, 0.15) is 11.4 Å². The lowest BCUT2D eigenvalue weighted by Crippen LogP contribution is -2.28. The first-order valence-electron chi connectivity index (χ1n) is 10.7. The third-order valence-electron chi connectivity index (χ3n) is 5.94. The molecule has 33 heavy (non-hydrogen) atoms. The first kappa shape index (κ1) is 20.8. The molecule has 1 aliphatic heterocycles. The van der Waals surface area contributed by atoms with Crippen molar-refractivity contribution >= 4 is 34.8 Å². The number of nitrogens with one attached hydrogen (secondary N) is 3.